The van der Waals surface area contributed by atoms with Crippen LogP contribution in [0.3, 0.4) is 0 Å². The number of hydrogen-bond donors (Lipinski definition) is 8. The Kier molecular flexibility index (Phi) is 51.7. The lowest BCUT2D eigenvalue weighted by molar-refractivity contribution is 0.0696. The van der Waals surface area contributed by atoms with Gasteiger partial charge in [-0.15, -0.1) is 0 Å². The minimum absolute atomic E-state index is 0. The maximum atomic E-state index is 10.4. The molecule has 6 aromatic heterocycles. The molecule has 0 aliphatic heterocycles. The van der Waals surface area contributed by atoms with Crippen LogP contribution in [0.5, 0.6) is 0 Å². The molecule has 6 atom stereocenters. The Bertz CT molecular complexity index is 6770. The smallest absolute Gasteiger partial charge is 0.335 e. The average Bonchev–Trinajstić information content (AvgIpc) is 1.24. The molecule has 748 valence electrons. The number of aromatic carboxylic acids is 1. The van der Waals surface area contributed by atoms with Crippen LogP contribution in [0, 0.1) is 11.3 Å². The maximum absolute atomic E-state index is 10.4. The molecule has 143 heavy (non-hydrogen) atoms. The molecule has 0 aliphatic rings. The Balaban J connectivity index is 0.000000302. The quantitative estimate of drug-likeness (QED) is 0.00866. The molecule has 0 amide bonds. The lowest BCUT2D eigenvalue weighted by Crippen LogP contribution is -2.34. The third-order valence-corrected chi connectivity index (χ3v) is 22.7. The number of aliphatic hydroxyl groups is 2. The second kappa shape index (κ2) is 64.8. The van der Waals surface area contributed by atoms with E-state index in [1.165, 1.54) is 30.6 Å². The summed E-state index contributed by atoms with van der Waals surface area (Å²) in [6, 6.07) is 52.8. The number of azide groups is 1. The van der Waals surface area contributed by atoms with Crippen LogP contribution >= 0.6 is 211 Å². The van der Waals surface area contributed by atoms with E-state index in [0.717, 1.165) is 17.1 Å². The number of rotatable bonds is 25. The number of aliphatic hydroxyl groups excluding tert-OH is 1. The molecule has 0 aliphatic carbocycles. The number of carboxylic acid groups (broad SMARTS) is 1. The van der Waals surface area contributed by atoms with Crippen LogP contribution in [0.1, 0.15) is 122 Å². The van der Waals surface area contributed by atoms with E-state index in [1.54, 1.807) is 315 Å². The monoisotopic (exact) mass is 2280 g/mol. The van der Waals surface area contributed by atoms with Gasteiger partial charge in [0, 0.05) is 211 Å². The van der Waals surface area contributed by atoms with Gasteiger partial charge in [-0.1, -0.05) is 251 Å². The predicted octanol–water partition coefficient (Wildman–Crippen LogP) is 31.0. The first-order chi connectivity index (χ1) is 68.5. The number of carboxylic acids is 1. The fourth-order valence-electron chi connectivity index (χ4n) is 11.7. The number of thiocarbonyl (C=S) groups is 3. The fraction of sp³-hybridized carbons (Fsp3) is 0.162. The Morgan fingerprint density at radius 1 is 0.420 bits per heavy atom. The molecular formula is C99H95Cl15N22O4S3. The van der Waals surface area contributed by atoms with Crippen molar-refractivity contribution in [1.82, 2.24) is 67.9 Å². The largest absolute Gasteiger partial charge is 0.478 e. The number of imidazole rings is 6. The number of benzene rings is 10. The zero-order chi connectivity index (χ0) is 105. The Morgan fingerprint density at radius 3 is 1.07 bits per heavy atom. The number of aromatic nitrogens is 12. The molecule has 0 radical (unpaired) electrons. The van der Waals surface area contributed by atoms with E-state index in [9.17, 15) is 15.0 Å². The number of hydrogen-bond acceptors (Lipinski definition) is 16. The van der Waals surface area contributed by atoms with Gasteiger partial charge < -0.3 is 69.7 Å². The van der Waals surface area contributed by atoms with E-state index in [0.29, 0.717) is 111 Å². The van der Waals surface area contributed by atoms with Crippen molar-refractivity contribution in [3.8, 4) is 6.07 Å². The van der Waals surface area contributed by atoms with Gasteiger partial charge in [0.05, 0.1) is 115 Å². The van der Waals surface area contributed by atoms with E-state index < -0.39 is 42.2 Å². The van der Waals surface area contributed by atoms with Gasteiger partial charge >= 0.3 is 5.97 Å². The molecule has 0 saturated carbocycles. The highest BCUT2D eigenvalue weighted by atomic mass is 35.5. The maximum Gasteiger partial charge on any atom is 0.335 e. The second-order valence-electron chi connectivity index (χ2n) is 28.2. The number of nitriles is 1. The lowest BCUT2D eigenvalue weighted by Gasteiger charge is -2.23. The van der Waals surface area contributed by atoms with E-state index >= 15 is 0 Å². The number of nitrogens with two attached hydrogens (primary N) is 1. The molecule has 26 nitrogen and oxygen atoms in total. The first kappa shape index (κ1) is 114. The van der Waals surface area contributed by atoms with Gasteiger partial charge in [-0.3, -0.25) is 0 Å². The van der Waals surface area contributed by atoms with Crippen molar-refractivity contribution in [3.05, 3.63) is 449 Å². The number of nitrogens with zero attached hydrogens (tertiary/aromatic N) is 17. The van der Waals surface area contributed by atoms with Crippen molar-refractivity contribution in [2.45, 2.75) is 105 Å². The summed E-state index contributed by atoms with van der Waals surface area (Å²) in [4.78, 5) is 40.5. The van der Waals surface area contributed by atoms with E-state index in [2.05, 4.69) is 83.6 Å². The van der Waals surface area contributed by atoms with Crippen LogP contribution in [0.4, 0.5) is 17.1 Å². The fourth-order valence-corrected chi connectivity index (χ4v) is 15.8. The molecular weight excluding hydrogens is 2190 g/mol. The zero-order valence-corrected chi connectivity index (χ0v) is 85.5. The minimum Gasteiger partial charge on any atom is -0.478 e. The Morgan fingerprint density at radius 2 is 0.734 bits per heavy atom. The first-order valence-electron chi connectivity index (χ1n) is 42.5. The van der Waals surface area contributed by atoms with Crippen molar-refractivity contribution in [2.24, 2.45) is 15.8 Å². The average molecular weight is 2290 g/mol. The van der Waals surface area contributed by atoms with E-state index in [4.69, 9.17) is 227 Å². The molecule has 10 aromatic carbocycles. The zero-order valence-electron chi connectivity index (χ0n) is 76.7. The molecule has 6 heterocycles. The highest BCUT2D eigenvalue weighted by Crippen LogP contribution is 2.35. The van der Waals surface area contributed by atoms with Gasteiger partial charge in [0.25, 0.3) is 0 Å². The number of isothiocyanates is 1. The normalized spacial score (nSPS) is 12.9. The summed E-state index contributed by atoms with van der Waals surface area (Å²) in [7, 11) is 0. The lowest BCUT2D eigenvalue weighted by atomic mass is 10.1. The van der Waals surface area contributed by atoms with Gasteiger partial charge in [-0.2, -0.15) is 10.3 Å². The summed E-state index contributed by atoms with van der Waals surface area (Å²) < 4.78 is 52.9. The first-order valence-corrected chi connectivity index (χ1v) is 46.9. The SMILES string of the molecule is C.C.C.C.N#Cc1cccc(C(=O)O)c1.OC(Cn1ccnc1)c1ccc(Cl)cc1Cl.S=C=Nc1ccc(Cl)cc1.[2H]C(Cn1ccnc1)(N=[N+]=[N-])c1ccc(Cl)cc1Cl.[2H]C(Cn1ccnc1)(NC(=S)Nc1ccc(Cl)cc1)c1ccc(Cl)cc1Cl.[2H]C(Cn1ccnc1)(NC(=S)Nc1ccc(Cl)cc1)c1ccc(Cl)cc1Cl.[2H]C(N)(Cn1ccnc1)c1ccc(Cl)cc1Cl.[2H]C(O)(Cn1ccnc1)c1ccc(Cl)cc1Cl. The summed E-state index contributed by atoms with van der Waals surface area (Å²) in [5, 5.41) is 62.7. The van der Waals surface area contributed by atoms with Crippen LogP contribution < -0.4 is 27.0 Å². The topological polar surface area (TPSA) is 344 Å². The summed E-state index contributed by atoms with van der Waals surface area (Å²) in [5.74, 6) is -1.01. The van der Waals surface area contributed by atoms with Crippen LogP contribution in [-0.4, -0.2) is 94.0 Å². The number of nitrogens with one attached hydrogen (secondary N) is 4. The van der Waals surface area contributed by atoms with Crippen LogP contribution in [-0.2, 0) is 39.3 Å². The number of anilines is 2. The molecule has 16 aromatic rings. The molecule has 6 unspecified atom stereocenters. The molecule has 0 fully saturated rings. The highest BCUT2D eigenvalue weighted by Gasteiger charge is 2.22. The van der Waals surface area contributed by atoms with Crippen molar-refractivity contribution < 1.29 is 27.0 Å². The van der Waals surface area contributed by atoms with Crippen LogP contribution in [0.2, 0.25) is 75.3 Å². The number of halogens is 15. The van der Waals surface area contributed by atoms with E-state index in [-0.39, 0.29) is 88.3 Å². The summed E-state index contributed by atoms with van der Waals surface area (Å²) in [6.07, 6.45) is 27.3. The molecule has 0 spiro atoms. The van der Waals surface area contributed by atoms with Crippen LogP contribution in [0.15, 0.2) is 329 Å². The molecule has 0 saturated heterocycles. The van der Waals surface area contributed by atoms with Crippen molar-refractivity contribution in [2.75, 3.05) is 10.6 Å². The Labute approximate surface area is 927 Å². The standard InChI is InChI=1S/2C18H15Cl3N4S.C11H9Cl2N5.C11H11Cl2N3.2C11H10Cl2N2O.C8H5NO2.C7H4ClNS.4CH4/c2*19-12-1-4-14(5-2-12)23-18(26)24-17(10-25-8-7-22-11-25)15-6-3-13(20)9-16(15)21;12-8-1-2-9(10(13)5-8)11(16-17-14)6-18-4-3-15-7-18;12-8-1-2-9(10(13)5-8)11(14)6-16-4-3-15-7-16;2*12-8-1-2-9(10(13)5-8)11(16)6-15-4-3-14-7-15;9-5-6-2-1-3-7(4-6)8(10)11;8-6-1-3-7(4-2-6)9-5-10;;;;/h2*1-9,11,17H,10H2,(H2,23,24,26);1-5,7,11H,6H2;1-5,7,11H,6,14H2;2*1-5,7,11,16H,6H2;1-4H,(H,10,11);1-4H;4*1H4/i2*17D;3*11D;;;;;;;. The molecule has 16 rings (SSSR count). The van der Waals surface area contributed by atoms with Crippen molar-refractivity contribution in [1.29, 1.82) is 5.26 Å². The van der Waals surface area contributed by atoms with Gasteiger partial charge in [0.2, 0.25) is 0 Å². The minimum atomic E-state index is -1.82. The van der Waals surface area contributed by atoms with Gasteiger partial charge in [-0.05, 0) is 228 Å². The molecule has 0 bridgehead atoms. The van der Waals surface area contributed by atoms with E-state index in [1.807, 2.05) is 6.07 Å². The third kappa shape index (κ3) is 43.1. The van der Waals surface area contributed by atoms with Gasteiger partial charge in [0.15, 0.2) is 10.2 Å². The van der Waals surface area contributed by atoms with Crippen LogP contribution in [0.25, 0.3) is 10.4 Å². The molecule has 44 heteroatoms. The van der Waals surface area contributed by atoms with Gasteiger partial charge in [-0.25, -0.2) is 34.7 Å². The van der Waals surface area contributed by atoms with Crippen molar-refractivity contribution >= 4 is 249 Å². The predicted molar refractivity (Wildman–Crippen MR) is 599 cm³/mol. The highest BCUT2D eigenvalue weighted by molar-refractivity contribution is 7.80. The molecule has 9 N–H and O–H groups in total. The number of aliphatic imine (C=N–C) groups is 1. The van der Waals surface area contributed by atoms with Gasteiger partial charge in [0.1, 0.15) is 0 Å². The summed E-state index contributed by atoms with van der Waals surface area (Å²) in [6.45, 7) is 1.32. The Hall–Kier alpha value is -10.9. The summed E-state index contributed by atoms with van der Waals surface area (Å²) in [5.41, 5.74) is 20.4. The summed E-state index contributed by atoms with van der Waals surface area (Å²) >= 11 is 105. The third-order valence-electron chi connectivity index (χ3n) is 18.2. The van der Waals surface area contributed by atoms with Crippen molar-refractivity contribution in [3.63, 3.8) is 0 Å². The number of carbonyl (C=O) groups is 1. The second-order valence-corrected chi connectivity index (χ2v) is 35.5.